The van der Waals surface area contributed by atoms with Gasteiger partial charge < -0.3 is 19.5 Å². The lowest BCUT2D eigenvalue weighted by Crippen LogP contribution is -2.24. The molecule has 2 aromatic carbocycles. The van der Waals surface area contributed by atoms with Gasteiger partial charge in [-0.15, -0.1) is 0 Å². The number of aromatic nitrogens is 2. The highest BCUT2D eigenvalue weighted by Crippen LogP contribution is 2.33. The van der Waals surface area contributed by atoms with Crippen molar-refractivity contribution in [2.24, 2.45) is 0 Å². The molecule has 3 aromatic rings. The predicted molar refractivity (Wildman–Crippen MR) is 122 cm³/mol. The van der Waals surface area contributed by atoms with Gasteiger partial charge in [0.1, 0.15) is 13.2 Å². The lowest BCUT2D eigenvalue weighted by Gasteiger charge is -2.21. The first-order valence-electron chi connectivity index (χ1n) is 10.9. The molecule has 0 unspecified atom stereocenters. The van der Waals surface area contributed by atoms with E-state index in [1.807, 2.05) is 48.9 Å². The van der Waals surface area contributed by atoms with Crippen molar-refractivity contribution in [3.8, 4) is 17.2 Å². The van der Waals surface area contributed by atoms with Crippen molar-refractivity contribution in [1.82, 2.24) is 15.1 Å². The van der Waals surface area contributed by atoms with Crippen LogP contribution in [0.1, 0.15) is 39.3 Å². The van der Waals surface area contributed by atoms with Crippen LogP contribution in [-0.2, 0) is 22.5 Å². The van der Waals surface area contributed by atoms with Gasteiger partial charge in [-0.25, -0.2) is 4.68 Å². The number of fused-ring (bicyclic) bond motifs is 1. The average molecular weight is 450 g/mol. The number of nitrogens with zero attached hydrogens (tertiary/aromatic N) is 2. The third-order valence-corrected chi connectivity index (χ3v) is 5.71. The third kappa shape index (κ3) is 4.84. The van der Waals surface area contributed by atoms with Crippen molar-refractivity contribution < 1.29 is 23.8 Å². The number of ether oxygens (including phenoxy) is 3. The quantitative estimate of drug-likeness (QED) is 0.557. The molecular formula is C25H27N3O5. The molecule has 0 saturated carbocycles. The number of carbonyl (C=O) groups excluding carboxylic acids is 2. The molecule has 172 valence electrons. The van der Waals surface area contributed by atoms with Crippen molar-refractivity contribution in [2.75, 3.05) is 20.3 Å². The Morgan fingerprint density at radius 2 is 1.85 bits per heavy atom. The molecule has 0 saturated heterocycles. The Hall–Kier alpha value is -3.81. The number of benzene rings is 2. The van der Waals surface area contributed by atoms with Gasteiger partial charge in [0, 0.05) is 29.8 Å². The Balaban J connectivity index is 1.43. The SMILES string of the molecule is COC(=O)CCc1c(C)nn(-c2ccc(C(=O)NCc3cccc4c3OCCO4)cc2)c1C. The zero-order valence-electron chi connectivity index (χ0n) is 19.0. The standard InChI is InChI=1S/C25H27N3O5/c1-16-21(11-12-23(29)31-3)17(2)28(27-16)20-9-7-18(8-10-20)25(30)26-15-19-5-4-6-22-24(19)33-14-13-32-22/h4-10H,11-15H2,1-3H3,(H,26,30). The molecule has 0 atom stereocenters. The molecule has 8 nitrogen and oxygen atoms in total. The second kappa shape index (κ2) is 9.77. The van der Waals surface area contributed by atoms with Gasteiger partial charge in [-0.3, -0.25) is 9.59 Å². The van der Waals surface area contributed by atoms with Crippen LogP contribution < -0.4 is 14.8 Å². The van der Waals surface area contributed by atoms with E-state index in [9.17, 15) is 9.59 Å². The monoisotopic (exact) mass is 449 g/mol. The van der Waals surface area contributed by atoms with Gasteiger partial charge in [0.05, 0.1) is 18.5 Å². The summed E-state index contributed by atoms with van der Waals surface area (Å²) in [6, 6.07) is 12.9. The van der Waals surface area contributed by atoms with Crippen LogP contribution >= 0.6 is 0 Å². The summed E-state index contributed by atoms with van der Waals surface area (Å²) in [5, 5.41) is 7.56. The van der Waals surface area contributed by atoms with Crippen LogP contribution in [0.3, 0.4) is 0 Å². The molecule has 1 N–H and O–H groups in total. The summed E-state index contributed by atoms with van der Waals surface area (Å²) in [6.07, 6.45) is 0.882. The number of hydrogen-bond acceptors (Lipinski definition) is 6. The summed E-state index contributed by atoms with van der Waals surface area (Å²) in [7, 11) is 1.39. The largest absolute Gasteiger partial charge is 0.486 e. The maximum absolute atomic E-state index is 12.7. The van der Waals surface area contributed by atoms with E-state index < -0.39 is 0 Å². The number of aryl methyl sites for hydroxylation is 1. The summed E-state index contributed by atoms with van der Waals surface area (Å²) in [4.78, 5) is 24.2. The van der Waals surface area contributed by atoms with Crippen LogP contribution in [0.2, 0.25) is 0 Å². The molecule has 0 aliphatic carbocycles. The minimum Gasteiger partial charge on any atom is -0.486 e. The van der Waals surface area contributed by atoms with E-state index in [1.54, 1.807) is 12.1 Å². The van der Waals surface area contributed by atoms with Crippen LogP contribution in [0.15, 0.2) is 42.5 Å². The highest BCUT2D eigenvalue weighted by molar-refractivity contribution is 5.94. The first-order valence-corrected chi connectivity index (χ1v) is 10.9. The second-order valence-corrected chi connectivity index (χ2v) is 7.81. The Morgan fingerprint density at radius 1 is 1.09 bits per heavy atom. The molecule has 33 heavy (non-hydrogen) atoms. The molecule has 1 aromatic heterocycles. The molecule has 0 bridgehead atoms. The zero-order chi connectivity index (χ0) is 23.4. The topological polar surface area (TPSA) is 91.7 Å². The van der Waals surface area contributed by atoms with Crippen molar-refractivity contribution >= 4 is 11.9 Å². The van der Waals surface area contributed by atoms with Gasteiger partial charge in [0.15, 0.2) is 11.5 Å². The molecule has 0 fully saturated rings. The highest BCUT2D eigenvalue weighted by atomic mass is 16.6. The Morgan fingerprint density at radius 3 is 2.61 bits per heavy atom. The fourth-order valence-electron chi connectivity index (χ4n) is 3.92. The number of para-hydroxylation sites is 1. The average Bonchev–Trinajstić information content (AvgIpc) is 3.13. The molecule has 1 amide bonds. The molecule has 0 radical (unpaired) electrons. The lowest BCUT2D eigenvalue weighted by atomic mass is 10.1. The minimum atomic E-state index is -0.244. The maximum atomic E-state index is 12.7. The summed E-state index contributed by atoms with van der Waals surface area (Å²) in [5.41, 5.74) is 5.13. The molecule has 1 aliphatic rings. The predicted octanol–water partition coefficient (Wildman–Crippen LogP) is 3.30. The summed E-state index contributed by atoms with van der Waals surface area (Å²) in [6.45, 7) is 5.26. The van der Waals surface area contributed by atoms with E-state index in [4.69, 9.17) is 14.2 Å². The number of rotatable bonds is 7. The van der Waals surface area contributed by atoms with Gasteiger partial charge >= 0.3 is 5.97 Å². The van der Waals surface area contributed by atoms with Crippen LogP contribution in [0, 0.1) is 13.8 Å². The Labute approximate surface area is 192 Å². The molecule has 2 heterocycles. The number of methoxy groups -OCH3 is 1. The summed E-state index contributed by atoms with van der Waals surface area (Å²) >= 11 is 0. The normalized spacial score (nSPS) is 12.3. The highest BCUT2D eigenvalue weighted by Gasteiger charge is 2.17. The smallest absolute Gasteiger partial charge is 0.305 e. The molecule has 0 spiro atoms. The Kier molecular flexibility index (Phi) is 6.63. The van der Waals surface area contributed by atoms with Crippen LogP contribution in [0.4, 0.5) is 0 Å². The van der Waals surface area contributed by atoms with Gasteiger partial charge in [-0.2, -0.15) is 5.10 Å². The maximum Gasteiger partial charge on any atom is 0.305 e. The van der Waals surface area contributed by atoms with Gasteiger partial charge in [-0.1, -0.05) is 12.1 Å². The van der Waals surface area contributed by atoms with E-state index in [2.05, 4.69) is 10.4 Å². The summed E-state index contributed by atoms with van der Waals surface area (Å²) in [5.74, 6) is 0.968. The minimum absolute atomic E-state index is 0.178. The van der Waals surface area contributed by atoms with Crippen molar-refractivity contribution in [1.29, 1.82) is 0 Å². The number of amides is 1. The first-order chi connectivity index (χ1) is 16.0. The van der Waals surface area contributed by atoms with Gasteiger partial charge in [0.25, 0.3) is 5.91 Å². The fraction of sp³-hybridized carbons (Fsp3) is 0.320. The van der Waals surface area contributed by atoms with E-state index in [-0.39, 0.29) is 11.9 Å². The molecular weight excluding hydrogens is 422 g/mol. The zero-order valence-corrected chi connectivity index (χ0v) is 19.0. The van der Waals surface area contributed by atoms with Crippen LogP contribution in [0.5, 0.6) is 11.5 Å². The van der Waals surface area contributed by atoms with Crippen LogP contribution in [-0.4, -0.2) is 42.0 Å². The number of nitrogens with one attached hydrogen (secondary N) is 1. The first kappa shape index (κ1) is 22.4. The lowest BCUT2D eigenvalue weighted by molar-refractivity contribution is -0.140. The molecule has 8 heteroatoms. The number of carbonyl (C=O) groups is 2. The second-order valence-electron chi connectivity index (χ2n) is 7.81. The molecule has 1 aliphatic heterocycles. The molecule has 4 rings (SSSR count). The van der Waals surface area contributed by atoms with E-state index in [0.717, 1.165) is 28.2 Å². The van der Waals surface area contributed by atoms with E-state index in [1.165, 1.54) is 7.11 Å². The third-order valence-electron chi connectivity index (χ3n) is 5.71. The number of hydrogen-bond donors (Lipinski definition) is 1. The van der Waals surface area contributed by atoms with Crippen molar-refractivity contribution in [3.05, 3.63) is 70.5 Å². The van der Waals surface area contributed by atoms with Crippen LogP contribution in [0.25, 0.3) is 5.69 Å². The number of esters is 1. The van der Waals surface area contributed by atoms with Gasteiger partial charge in [0.2, 0.25) is 0 Å². The fourth-order valence-corrected chi connectivity index (χ4v) is 3.92. The van der Waals surface area contributed by atoms with E-state index in [0.29, 0.717) is 49.7 Å². The van der Waals surface area contributed by atoms with Crippen molar-refractivity contribution in [3.63, 3.8) is 0 Å². The van der Waals surface area contributed by atoms with Gasteiger partial charge in [-0.05, 0) is 56.2 Å². The van der Waals surface area contributed by atoms with Crippen molar-refractivity contribution in [2.45, 2.75) is 33.2 Å². The summed E-state index contributed by atoms with van der Waals surface area (Å²) < 4.78 is 17.9. The Bertz CT molecular complexity index is 1170. The van der Waals surface area contributed by atoms with E-state index >= 15 is 0 Å².